The van der Waals surface area contributed by atoms with E-state index < -0.39 is 4.92 Å². The van der Waals surface area contributed by atoms with Crippen LogP contribution in [0.15, 0.2) is 73.1 Å². The van der Waals surface area contributed by atoms with Crippen LogP contribution in [0.5, 0.6) is 5.75 Å². The largest absolute Gasteiger partial charge is 0.491 e. The van der Waals surface area contributed by atoms with E-state index in [0.717, 1.165) is 5.56 Å². The van der Waals surface area contributed by atoms with Crippen molar-refractivity contribution in [1.82, 2.24) is 24.6 Å². The number of benzene rings is 2. The highest BCUT2D eigenvalue weighted by Gasteiger charge is 2.47. The average molecular weight is 524 g/mol. The average Bonchev–Trinajstić information content (AvgIpc) is 3.64. The molecule has 0 spiro atoms. The van der Waals surface area contributed by atoms with Crippen LogP contribution in [0.3, 0.4) is 0 Å². The Balaban J connectivity index is 1.07. The molecule has 3 aliphatic rings. The van der Waals surface area contributed by atoms with E-state index in [4.69, 9.17) is 4.74 Å². The molecule has 0 unspecified atom stereocenters. The van der Waals surface area contributed by atoms with Crippen molar-refractivity contribution in [3.8, 4) is 11.6 Å². The smallest absolute Gasteiger partial charge is 0.311 e. The van der Waals surface area contributed by atoms with Crippen LogP contribution in [-0.2, 0) is 0 Å². The maximum Gasteiger partial charge on any atom is 0.311 e. The summed E-state index contributed by atoms with van der Waals surface area (Å²) in [6.45, 7) is 1.56. The standard InChI is InChI=1S/C27H21N7O5/c35-26-18-4-1-2-5-19(18)27(36)33(26)17-13-31(14-17)22-15-39-23-12-16(6-7-20(22)23)29-25-21(34(37)38)8-9-24(30-25)32-11-3-10-28-32/h1-12,17,22H,13-15H2,(H,29,30)/t22-/m0/s1. The van der Waals surface area contributed by atoms with E-state index in [2.05, 4.69) is 20.3 Å². The monoisotopic (exact) mass is 523 g/mol. The van der Waals surface area contributed by atoms with Crippen molar-refractivity contribution in [2.45, 2.75) is 12.1 Å². The van der Waals surface area contributed by atoms with Gasteiger partial charge in [-0.25, -0.2) is 9.67 Å². The fourth-order valence-corrected chi connectivity index (χ4v) is 5.37. The summed E-state index contributed by atoms with van der Waals surface area (Å²) in [5.74, 6) is 0.724. The highest BCUT2D eigenvalue weighted by molar-refractivity contribution is 6.21. The maximum atomic E-state index is 12.8. The van der Waals surface area contributed by atoms with Crippen molar-refractivity contribution in [2.24, 2.45) is 0 Å². The molecule has 4 aromatic rings. The summed E-state index contributed by atoms with van der Waals surface area (Å²) in [4.78, 5) is 44.7. The lowest BCUT2D eigenvalue weighted by Gasteiger charge is -2.45. The van der Waals surface area contributed by atoms with E-state index >= 15 is 0 Å². The summed E-state index contributed by atoms with van der Waals surface area (Å²) in [7, 11) is 0. The van der Waals surface area contributed by atoms with Crippen LogP contribution < -0.4 is 10.1 Å². The molecule has 3 aliphatic heterocycles. The highest BCUT2D eigenvalue weighted by Crippen LogP contribution is 2.41. The predicted molar refractivity (Wildman–Crippen MR) is 138 cm³/mol. The summed E-state index contributed by atoms with van der Waals surface area (Å²) < 4.78 is 7.48. The second kappa shape index (κ2) is 8.74. The Morgan fingerprint density at radius 2 is 1.77 bits per heavy atom. The van der Waals surface area contributed by atoms with Gasteiger partial charge in [-0.05, 0) is 30.3 Å². The van der Waals surface area contributed by atoms with Crippen molar-refractivity contribution in [2.75, 3.05) is 25.0 Å². The normalized spacial score (nSPS) is 18.5. The lowest BCUT2D eigenvalue weighted by Crippen LogP contribution is -2.61. The molecule has 2 aromatic carbocycles. The number of fused-ring (bicyclic) bond motifs is 2. The van der Waals surface area contributed by atoms with Crippen molar-refractivity contribution in [1.29, 1.82) is 0 Å². The lowest BCUT2D eigenvalue weighted by atomic mass is 9.99. The third-order valence-corrected chi connectivity index (χ3v) is 7.35. The van der Waals surface area contributed by atoms with Gasteiger partial charge in [0.15, 0.2) is 5.82 Å². The first-order chi connectivity index (χ1) is 19.0. The van der Waals surface area contributed by atoms with Crippen LogP contribution in [0.25, 0.3) is 5.82 Å². The molecule has 12 nitrogen and oxygen atoms in total. The molecule has 12 heteroatoms. The number of amides is 2. The van der Waals surface area contributed by atoms with E-state index in [1.165, 1.54) is 21.7 Å². The number of hydrogen-bond acceptors (Lipinski definition) is 9. The number of hydrogen-bond donors (Lipinski definition) is 1. The zero-order chi connectivity index (χ0) is 26.7. The Hall–Kier alpha value is -5.10. The quantitative estimate of drug-likeness (QED) is 0.229. The minimum absolute atomic E-state index is 0.0175. The molecule has 1 fully saturated rings. The first-order valence-electron chi connectivity index (χ1n) is 12.4. The van der Waals surface area contributed by atoms with Crippen LogP contribution in [0.4, 0.5) is 17.2 Å². The van der Waals surface area contributed by atoms with Gasteiger partial charge in [0.1, 0.15) is 12.4 Å². The molecule has 0 saturated carbocycles. The van der Waals surface area contributed by atoms with E-state index in [1.807, 2.05) is 12.1 Å². The summed E-state index contributed by atoms with van der Waals surface area (Å²) in [5.41, 5.74) is 2.33. The lowest BCUT2D eigenvalue weighted by molar-refractivity contribution is -0.384. The zero-order valence-electron chi connectivity index (χ0n) is 20.4. The topological polar surface area (TPSA) is 136 Å². The number of nitro groups is 1. The molecule has 7 rings (SSSR count). The molecule has 39 heavy (non-hydrogen) atoms. The molecule has 5 heterocycles. The van der Waals surface area contributed by atoms with Crippen molar-refractivity contribution in [3.63, 3.8) is 0 Å². The number of anilines is 2. The number of carbonyl (C=O) groups is 2. The molecule has 0 bridgehead atoms. The first-order valence-corrected chi connectivity index (χ1v) is 12.4. The minimum Gasteiger partial charge on any atom is -0.491 e. The summed E-state index contributed by atoms with van der Waals surface area (Å²) in [6.07, 6.45) is 3.31. The Morgan fingerprint density at radius 1 is 1.00 bits per heavy atom. The van der Waals surface area contributed by atoms with E-state index in [0.29, 0.717) is 48.1 Å². The molecule has 1 saturated heterocycles. The van der Waals surface area contributed by atoms with Crippen LogP contribution in [0, 0.1) is 10.1 Å². The van der Waals surface area contributed by atoms with Crippen LogP contribution in [0.1, 0.15) is 32.3 Å². The van der Waals surface area contributed by atoms with Crippen molar-refractivity contribution in [3.05, 3.63) is 99.9 Å². The summed E-state index contributed by atoms with van der Waals surface area (Å²) in [5, 5.41) is 18.8. The Morgan fingerprint density at radius 3 is 2.46 bits per heavy atom. The Kier molecular flexibility index (Phi) is 5.16. The number of imide groups is 1. The van der Waals surface area contributed by atoms with Gasteiger partial charge in [-0.15, -0.1) is 0 Å². The molecule has 0 radical (unpaired) electrons. The minimum atomic E-state index is -0.489. The van der Waals surface area contributed by atoms with E-state index in [1.54, 1.807) is 48.8 Å². The molecule has 194 valence electrons. The number of nitrogens with one attached hydrogen (secondary N) is 1. The second-order valence-corrected chi connectivity index (χ2v) is 9.58. The third-order valence-electron chi connectivity index (χ3n) is 7.35. The van der Waals surface area contributed by atoms with Gasteiger partial charge in [0.05, 0.1) is 28.1 Å². The van der Waals surface area contributed by atoms with E-state index in [9.17, 15) is 19.7 Å². The van der Waals surface area contributed by atoms with Crippen molar-refractivity contribution >= 4 is 29.0 Å². The number of ether oxygens (including phenoxy) is 1. The Labute approximate surface area is 221 Å². The highest BCUT2D eigenvalue weighted by atomic mass is 16.6. The number of carbonyl (C=O) groups excluding carboxylic acids is 2. The van der Waals surface area contributed by atoms with Crippen molar-refractivity contribution < 1.29 is 19.2 Å². The van der Waals surface area contributed by atoms with Gasteiger partial charge >= 0.3 is 5.69 Å². The summed E-state index contributed by atoms with van der Waals surface area (Å²) in [6, 6.07) is 16.9. The van der Waals surface area contributed by atoms with Gasteiger partial charge in [-0.3, -0.25) is 29.5 Å². The number of rotatable bonds is 6. The SMILES string of the molecule is O=C1c2ccccc2C(=O)N1C1CN([C@H]2COc3cc(Nc4nc(-n5cccn5)ccc4[N+](=O)[O-])ccc32)C1. The molecular weight excluding hydrogens is 502 g/mol. The Bertz CT molecular complexity index is 1610. The number of pyridine rings is 1. The first kappa shape index (κ1) is 23.0. The number of aromatic nitrogens is 3. The maximum absolute atomic E-state index is 12.8. The number of likely N-dealkylation sites (tertiary alicyclic amines) is 1. The van der Waals surface area contributed by atoms with Gasteiger partial charge in [-0.2, -0.15) is 5.10 Å². The molecule has 1 atom stereocenters. The zero-order valence-corrected chi connectivity index (χ0v) is 20.4. The van der Waals surface area contributed by atoms with Gasteiger partial charge < -0.3 is 10.1 Å². The fraction of sp³-hybridized carbons (Fsp3) is 0.185. The van der Waals surface area contributed by atoms with Gasteiger partial charge in [-0.1, -0.05) is 18.2 Å². The molecule has 2 amide bonds. The van der Waals surface area contributed by atoms with E-state index in [-0.39, 0.29) is 35.4 Å². The van der Waals surface area contributed by atoms with Crippen LogP contribution >= 0.6 is 0 Å². The molecular formula is C27H21N7O5. The molecule has 1 N–H and O–H groups in total. The van der Waals surface area contributed by atoms with Gasteiger partial charge in [0.2, 0.25) is 5.82 Å². The predicted octanol–water partition coefficient (Wildman–Crippen LogP) is 3.33. The number of nitrogens with zero attached hydrogens (tertiary/aromatic N) is 6. The second-order valence-electron chi connectivity index (χ2n) is 9.58. The van der Waals surface area contributed by atoms with Gasteiger partial charge in [0.25, 0.3) is 11.8 Å². The third kappa shape index (κ3) is 3.72. The molecule has 2 aromatic heterocycles. The van der Waals surface area contributed by atoms with Gasteiger partial charge in [0, 0.05) is 48.9 Å². The van der Waals surface area contributed by atoms with Crippen LogP contribution in [0.2, 0.25) is 0 Å². The fourth-order valence-electron chi connectivity index (χ4n) is 5.37. The molecule has 0 aliphatic carbocycles. The van der Waals surface area contributed by atoms with Crippen LogP contribution in [-0.4, -0.2) is 67.0 Å². The summed E-state index contributed by atoms with van der Waals surface area (Å²) >= 11 is 0.